The van der Waals surface area contributed by atoms with Crippen molar-refractivity contribution in [1.82, 2.24) is 0 Å². The van der Waals surface area contributed by atoms with Gasteiger partial charge in [0, 0.05) is 17.2 Å². The van der Waals surface area contributed by atoms with Crippen molar-refractivity contribution in [3.63, 3.8) is 0 Å². The van der Waals surface area contributed by atoms with Crippen LogP contribution in [-0.2, 0) is 0 Å². The molecule has 0 aliphatic heterocycles. The molecule has 20 heavy (non-hydrogen) atoms. The van der Waals surface area contributed by atoms with Gasteiger partial charge in [-0.05, 0) is 24.3 Å². The summed E-state index contributed by atoms with van der Waals surface area (Å²) in [7, 11) is -1.57. The molecule has 0 unspecified atom stereocenters. The third kappa shape index (κ3) is 4.80. The van der Waals surface area contributed by atoms with Gasteiger partial charge < -0.3 is 0 Å². The predicted octanol–water partition coefficient (Wildman–Crippen LogP) is 4.34. The van der Waals surface area contributed by atoms with Crippen molar-refractivity contribution in [3.05, 3.63) is 71.8 Å². The molecule has 1 heteroatoms. The lowest BCUT2D eigenvalue weighted by Gasteiger charge is -2.09. The summed E-state index contributed by atoms with van der Waals surface area (Å²) in [6.45, 7) is 4.53. The minimum Gasteiger partial charge on any atom is -0.125 e. The van der Waals surface area contributed by atoms with Gasteiger partial charge in [-0.3, -0.25) is 0 Å². The van der Waals surface area contributed by atoms with Crippen LogP contribution in [0.25, 0.3) is 0 Å². The molecule has 0 atom stereocenters. The second-order valence-electron chi connectivity index (χ2n) is 5.34. The molecule has 0 aliphatic carbocycles. The molecule has 0 saturated carbocycles. The van der Waals surface area contributed by atoms with Crippen molar-refractivity contribution in [2.45, 2.75) is 19.1 Å². The van der Waals surface area contributed by atoms with E-state index in [0.717, 1.165) is 17.2 Å². The molecular formula is C19H18Si. The van der Waals surface area contributed by atoms with Crippen molar-refractivity contribution in [1.29, 1.82) is 0 Å². The molecule has 0 fully saturated rings. The maximum absolute atomic E-state index is 3.45. The Bertz CT molecular complexity index is 662. The van der Waals surface area contributed by atoms with E-state index in [4.69, 9.17) is 0 Å². The Balaban J connectivity index is 2.02. The van der Waals surface area contributed by atoms with E-state index in [2.05, 4.69) is 36.4 Å². The molecule has 0 nitrogen and oxygen atoms in total. The van der Waals surface area contributed by atoms with Crippen LogP contribution < -0.4 is 0 Å². The molecular weight excluding hydrogens is 256 g/mol. The average molecular weight is 274 g/mol. The summed E-state index contributed by atoms with van der Waals surface area (Å²) in [6, 6.07) is 21.2. The van der Waals surface area contributed by atoms with Crippen LogP contribution in [0, 0.1) is 23.3 Å². The van der Waals surface area contributed by atoms with Gasteiger partial charge in [-0.1, -0.05) is 67.3 Å². The molecule has 0 spiro atoms. The summed E-state index contributed by atoms with van der Waals surface area (Å²) in [6.07, 6.45) is 0. The molecule has 0 radical (unpaired) electrons. The number of rotatable bonds is 1. The first-order chi connectivity index (χ1) is 9.66. The summed E-state index contributed by atoms with van der Waals surface area (Å²) in [4.78, 5) is 0. The summed E-state index contributed by atoms with van der Waals surface area (Å²) in [5.74, 6) is 9.78. The van der Waals surface area contributed by atoms with Gasteiger partial charge in [0.25, 0.3) is 0 Å². The number of hydrogen-bond donors (Lipinski definition) is 0. The van der Waals surface area contributed by atoms with Crippen LogP contribution in [0.1, 0.15) is 11.1 Å². The quantitative estimate of drug-likeness (QED) is 0.536. The molecule has 0 saturated heterocycles. The zero-order chi connectivity index (χ0) is 14.3. The van der Waals surface area contributed by atoms with Gasteiger partial charge in [-0.25, -0.2) is 0 Å². The van der Waals surface area contributed by atoms with Gasteiger partial charge in [-0.2, -0.15) is 0 Å². The van der Waals surface area contributed by atoms with E-state index >= 15 is 0 Å². The predicted molar refractivity (Wildman–Crippen MR) is 88.9 cm³/mol. The Labute approximate surface area is 122 Å². The topological polar surface area (TPSA) is 0 Å². The number of hydrogen-bond acceptors (Lipinski definition) is 0. The van der Waals surface area contributed by atoms with Gasteiger partial charge in [0.15, 0.2) is 0 Å². The lowest BCUT2D eigenvalue weighted by molar-refractivity contribution is 1.60. The van der Waals surface area contributed by atoms with Crippen molar-refractivity contribution in [2.24, 2.45) is 0 Å². The normalized spacial score (nSPS) is 9.90. The summed E-state index contributed by atoms with van der Waals surface area (Å²) in [5.41, 5.74) is 5.61. The monoisotopic (exact) mass is 274 g/mol. The molecule has 0 amide bonds. The van der Waals surface area contributed by atoms with Crippen LogP contribution in [0.5, 0.6) is 0 Å². The Hall–Kier alpha value is -2.22. The lowest BCUT2D eigenvalue weighted by Crippen LogP contribution is -2.22. The van der Waals surface area contributed by atoms with Crippen LogP contribution in [-0.4, -0.2) is 8.07 Å². The van der Waals surface area contributed by atoms with E-state index in [-0.39, 0.29) is 0 Å². The standard InChI is InChI=1S/C19H18Si/c1-20(2,17-15-19-12-7-4-8-13-19)16-9-14-18-10-5-3-6-11-18/h3-8,10-13H,16H2,1-2H3. The van der Waals surface area contributed by atoms with Crippen LogP contribution in [0.4, 0.5) is 0 Å². The highest BCUT2D eigenvalue weighted by Crippen LogP contribution is 2.07. The van der Waals surface area contributed by atoms with Crippen LogP contribution in [0.2, 0.25) is 19.1 Å². The van der Waals surface area contributed by atoms with Gasteiger partial charge in [0.2, 0.25) is 0 Å². The molecule has 0 heterocycles. The third-order valence-corrected chi connectivity index (χ3v) is 4.72. The Morgan fingerprint density at radius 3 is 1.80 bits per heavy atom. The Morgan fingerprint density at radius 1 is 0.750 bits per heavy atom. The lowest BCUT2D eigenvalue weighted by atomic mass is 10.2. The van der Waals surface area contributed by atoms with Gasteiger partial charge in [-0.15, -0.1) is 5.54 Å². The van der Waals surface area contributed by atoms with Gasteiger partial charge >= 0.3 is 0 Å². The highest BCUT2D eigenvalue weighted by molar-refractivity contribution is 6.85. The van der Waals surface area contributed by atoms with Crippen LogP contribution in [0.3, 0.4) is 0 Å². The second-order valence-corrected chi connectivity index (χ2v) is 9.72. The average Bonchev–Trinajstić information content (AvgIpc) is 2.47. The SMILES string of the molecule is C[Si](C)(C#Cc1ccccc1)CC#Cc1ccccc1. The van der Waals surface area contributed by atoms with E-state index in [1.165, 1.54) is 0 Å². The molecule has 0 aromatic heterocycles. The van der Waals surface area contributed by atoms with Crippen LogP contribution in [0.15, 0.2) is 60.7 Å². The molecule has 2 aromatic carbocycles. The van der Waals surface area contributed by atoms with Gasteiger partial charge in [0.05, 0.1) is 0 Å². The maximum Gasteiger partial charge on any atom is 0.144 e. The van der Waals surface area contributed by atoms with Crippen molar-refractivity contribution < 1.29 is 0 Å². The largest absolute Gasteiger partial charge is 0.144 e. The summed E-state index contributed by atoms with van der Waals surface area (Å²) in [5, 5.41) is 0. The molecule has 2 aromatic rings. The molecule has 0 aliphatic rings. The minimum atomic E-state index is -1.57. The highest BCUT2D eigenvalue weighted by atomic mass is 28.3. The first-order valence-electron chi connectivity index (χ1n) is 6.78. The Morgan fingerprint density at radius 2 is 1.25 bits per heavy atom. The highest BCUT2D eigenvalue weighted by Gasteiger charge is 2.15. The first kappa shape index (κ1) is 14.2. The fourth-order valence-corrected chi connectivity index (χ4v) is 2.80. The summed E-state index contributed by atoms with van der Waals surface area (Å²) < 4.78 is 0. The first-order valence-corrected chi connectivity index (χ1v) is 9.99. The smallest absolute Gasteiger partial charge is 0.125 e. The van der Waals surface area contributed by atoms with E-state index in [0.29, 0.717) is 0 Å². The maximum atomic E-state index is 3.45. The van der Waals surface area contributed by atoms with Crippen molar-refractivity contribution in [2.75, 3.05) is 0 Å². The minimum absolute atomic E-state index is 0.904. The molecule has 0 bridgehead atoms. The second kappa shape index (κ2) is 6.80. The van der Waals surface area contributed by atoms with E-state index in [9.17, 15) is 0 Å². The Kier molecular flexibility index (Phi) is 4.83. The molecule has 98 valence electrons. The molecule has 2 rings (SSSR count). The van der Waals surface area contributed by atoms with Crippen LogP contribution >= 0.6 is 0 Å². The zero-order valence-corrected chi connectivity index (χ0v) is 13.0. The van der Waals surface area contributed by atoms with Crippen molar-refractivity contribution in [3.8, 4) is 23.3 Å². The van der Waals surface area contributed by atoms with E-state index < -0.39 is 8.07 Å². The van der Waals surface area contributed by atoms with E-state index in [1.54, 1.807) is 0 Å². The summed E-state index contributed by atoms with van der Waals surface area (Å²) >= 11 is 0. The van der Waals surface area contributed by atoms with E-state index in [1.807, 2.05) is 60.7 Å². The van der Waals surface area contributed by atoms with Crippen molar-refractivity contribution >= 4 is 8.07 Å². The molecule has 0 N–H and O–H groups in total. The fraction of sp³-hybridized carbons (Fsp3) is 0.158. The zero-order valence-electron chi connectivity index (χ0n) is 12.0. The third-order valence-electron chi connectivity index (χ3n) is 2.86. The fourth-order valence-electron chi connectivity index (χ4n) is 1.70. The number of benzene rings is 2. The van der Waals surface area contributed by atoms with Gasteiger partial charge in [0.1, 0.15) is 8.07 Å².